The SMILES string of the molecule is Cc1nc2ccc(NC(=O)C3(N)CCCCC3)cc2o1. The molecule has 1 fully saturated rings. The molecule has 5 nitrogen and oxygen atoms in total. The lowest BCUT2D eigenvalue weighted by atomic mass is 9.82. The quantitative estimate of drug-likeness (QED) is 0.881. The maximum atomic E-state index is 12.3. The van der Waals surface area contributed by atoms with Crippen molar-refractivity contribution in [2.24, 2.45) is 5.73 Å². The molecule has 1 heterocycles. The van der Waals surface area contributed by atoms with E-state index in [1.54, 1.807) is 13.0 Å². The van der Waals surface area contributed by atoms with Crippen molar-refractivity contribution in [2.45, 2.75) is 44.6 Å². The van der Waals surface area contributed by atoms with Crippen LogP contribution in [0.15, 0.2) is 22.6 Å². The number of anilines is 1. The van der Waals surface area contributed by atoms with Gasteiger partial charge in [0.2, 0.25) is 5.91 Å². The molecule has 0 bridgehead atoms. The zero-order chi connectivity index (χ0) is 14.2. The number of nitrogens with zero attached hydrogens (tertiary/aromatic N) is 1. The maximum Gasteiger partial charge on any atom is 0.244 e. The number of nitrogens with two attached hydrogens (primary N) is 1. The number of amides is 1. The summed E-state index contributed by atoms with van der Waals surface area (Å²) in [5.41, 5.74) is 7.66. The lowest BCUT2D eigenvalue weighted by Crippen LogP contribution is -2.52. The van der Waals surface area contributed by atoms with Crippen LogP contribution in [0.1, 0.15) is 38.0 Å². The first-order chi connectivity index (χ1) is 9.57. The summed E-state index contributed by atoms with van der Waals surface area (Å²) >= 11 is 0. The fourth-order valence-corrected chi connectivity index (χ4v) is 2.78. The molecule has 0 spiro atoms. The minimum absolute atomic E-state index is 0.104. The Morgan fingerprint density at radius 2 is 2.10 bits per heavy atom. The van der Waals surface area contributed by atoms with Crippen LogP contribution in [0.25, 0.3) is 11.1 Å². The molecule has 2 aromatic rings. The van der Waals surface area contributed by atoms with Crippen LogP contribution >= 0.6 is 0 Å². The first-order valence-corrected chi connectivity index (χ1v) is 7.04. The summed E-state index contributed by atoms with van der Waals surface area (Å²) in [7, 11) is 0. The van der Waals surface area contributed by atoms with Crippen LogP contribution in [0.2, 0.25) is 0 Å². The maximum absolute atomic E-state index is 12.3. The monoisotopic (exact) mass is 273 g/mol. The highest BCUT2D eigenvalue weighted by molar-refractivity contribution is 5.99. The predicted octanol–water partition coefficient (Wildman–Crippen LogP) is 2.74. The molecule has 0 atom stereocenters. The van der Waals surface area contributed by atoms with E-state index in [0.29, 0.717) is 17.2 Å². The molecule has 5 heteroatoms. The van der Waals surface area contributed by atoms with Crippen molar-refractivity contribution < 1.29 is 9.21 Å². The molecule has 3 rings (SSSR count). The third-order valence-corrected chi connectivity index (χ3v) is 3.95. The second kappa shape index (κ2) is 4.90. The van der Waals surface area contributed by atoms with Crippen LogP contribution in [0.5, 0.6) is 0 Å². The Labute approximate surface area is 117 Å². The molecule has 3 N–H and O–H groups in total. The van der Waals surface area contributed by atoms with Gasteiger partial charge in [-0.05, 0) is 25.0 Å². The molecule has 1 saturated carbocycles. The number of fused-ring (bicyclic) bond motifs is 1. The summed E-state index contributed by atoms with van der Waals surface area (Å²) < 4.78 is 5.47. The van der Waals surface area contributed by atoms with Crippen LogP contribution < -0.4 is 11.1 Å². The Morgan fingerprint density at radius 1 is 1.35 bits per heavy atom. The van der Waals surface area contributed by atoms with E-state index in [1.807, 2.05) is 12.1 Å². The second-order valence-electron chi connectivity index (χ2n) is 5.59. The Kier molecular flexibility index (Phi) is 3.22. The zero-order valence-corrected chi connectivity index (χ0v) is 11.6. The van der Waals surface area contributed by atoms with Crippen LogP contribution in [-0.4, -0.2) is 16.4 Å². The van der Waals surface area contributed by atoms with Gasteiger partial charge in [-0.3, -0.25) is 4.79 Å². The minimum Gasteiger partial charge on any atom is -0.441 e. The molecule has 0 aliphatic heterocycles. The van der Waals surface area contributed by atoms with E-state index in [9.17, 15) is 4.79 Å². The number of nitrogens with one attached hydrogen (secondary N) is 1. The van der Waals surface area contributed by atoms with Gasteiger partial charge in [0.15, 0.2) is 11.5 Å². The normalized spacial score (nSPS) is 18.1. The Hall–Kier alpha value is -1.88. The number of rotatable bonds is 2. The van der Waals surface area contributed by atoms with Gasteiger partial charge in [-0.1, -0.05) is 19.3 Å². The van der Waals surface area contributed by atoms with Gasteiger partial charge in [-0.2, -0.15) is 0 Å². The van der Waals surface area contributed by atoms with Gasteiger partial charge in [0.05, 0.1) is 5.54 Å². The summed E-state index contributed by atoms with van der Waals surface area (Å²) in [5.74, 6) is 0.513. The average molecular weight is 273 g/mol. The van der Waals surface area contributed by atoms with E-state index in [0.717, 1.165) is 37.6 Å². The van der Waals surface area contributed by atoms with Gasteiger partial charge in [-0.25, -0.2) is 4.98 Å². The number of aryl methyl sites for hydroxylation is 1. The van der Waals surface area contributed by atoms with E-state index >= 15 is 0 Å². The topological polar surface area (TPSA) is 81.2 Å². The highest BCUT2D eigenvalue weighted by atomic mass is 16.3. The zero-order valence-electron chi connectivity index (χ0n) is 11.6. The van der Waals surface area contributed by atoms with Crippen molar-refractivity contribution in [2.75, 3.05) is 5.32 Å². The van der Waals surface area contributed by atoms with Crippen molar-refractivity contribution in [3.8, 4) is 0 Å². The predicted molar refractivity (Wildman–Crippen MR) is 77.4 cm³/mol. The average Bonchev–Trinajstić information content (AvgIpc) is 2.79. The van der Waals surface area contributed by atoms with Gasteiger partial charge >= 0.3 is 0 Å². The molecule has 0 unspecified atom stereocenters. The first-order valence-electron chi connectivity index (χ1n) is 7.04. The molecular weight excluding hydrogens is 254 g/mol. The summed E-state index contributed by atoms with van der Waals surface area (Å²) in [6.45, 7) is 1.80. The molecule has 1 amide bonds. The number of hydrogen-bond acceptors (Lipinski definition) is 4. The molecule has 1 aliphatic carbocycles. The summed E-state index contributed by atoms with van der Waals surface area (Å²) in [6.07, 6.45) is 4.70. The largest absolute Gasteiger partial charge is 0.441 e. The molecule has 0 radical (unpaired) electrons. The van der Waals surface area contributed by atoms with Crippen LogP contribution in [0.3, 0.4) is 0 Å². The van der Waals surface area contributed by atoms with Crippen molar-refractivity contribution in [3.63, 3.8) is 0 Å². The first kappa shape index (κ1) is 13.1. The van der Waals surface area contributed by atoms with E-state index in [-0.39, 0.29) is 5.91 Å². The van der Waals surface area contributed by atoms with Crippen molar-refractivity contribution >= 4 is 22.7 Å². The highest BCUT2D eigenvalue weighted by Gasteiger charge is 2.35. The van der Waals surface area contributed by atoms with Gasteiger partial charge in [-0.15, -0.1) is 0 Å². The Balaban J connectivity index is 1.79. The van der Waals surface area contributed by atoms with Gasteiger partial charge in [0, 0.05) is 18.7 Å². The third kappa shape index (κ3) is 2.41. The Bertz CT molecular complexity index is 642. The van der Waals surface area contributed by atoms with E-state index in [2.05, 4.69) is 10.3 Å². The highest BCUT2D eigenvalue weighted by Crippen LogP contribution is 2.28. The smallest absolute Gasteiger partial charge is 0.244 e. The van der Waals surface area contributed by atoms with Crippen molar-refractivity contribution in [3.05, 3.63) is 24.1 Å². The number of hydrogen-bond donors (Lipinski definition) is 2. The van der Waals surface area contributed by atoms with Crippen LogP contribution in [-0.2, 0) is 4.79 Å². The van der Waals surface area contributed by atoms with Crippen molar-refractivity contribution in [1.82, 2.24) is 4.98 Å². The second-order valence-corrected chi connectivity index (χ2v) is 5.59. The van der Waals surface area contributed by atoms with Gasteiger partial charge in [0.25, 0.3) is 0 Å². The molecule has 1 aromatic carbocycles. The molecular formula is C15H19N3O2. The van der Waals surface area contributed by atoms with Crippen molar-refractivity contribution in [1.29, 1.82) is 0 Å². The Morgan fingerprint density at radius 3 is 2.85 bits per heavy atom. The summed E-state index contributed by atoms with van der Waals surface area (Å²) in [6, 6.07) is 5.46. The number of carbonyl (C=O) groups is 1. The lowest BCUT2D eigenvalue weighted by molar-refractivity contribution is -0.122. The number of benzene rings is 1. The molecule has 20 heavy (non-hydrogen) atoms. The number of aromatic nitrogens is 1. The molecule has 0 saturated heterocycles. The molecule has 106 valence electrons. The van der Waals surface area contributed by atoms with E-state index < -0.39 is 5.54 Å². The molecule has 1 aliphatic rings. The van der Waals surface area contributed by atoms with Crippen LogP contribution in [0.4, 0.5) is 5.69 Å². The summed E-state index contributed by atoms with van der Waals surface area (Å²) in [4.78, 5) is 16.6. The summed E-state index contributed by atoms with van der Waals surface area (Å²) in [5, 5.41) is 2.90. The van der Waals surface area contributed by atoms with E-state index in [1.165, 1.54) is 0 Å². The third-order valence-electron chi connectivity index (χ3n) is 3.95. The number of carbonyl (C=O) groups excluding carboxylic acids is 1. The fraction of sp³-hybridized carbons (Fsp3) is 0.467. The number of oxazole rings is 1. The minimum atomic E-state index is -0.732. The van der Waals surface area contributed by atoms with Gasteiger partial charge < -0.3 is 15.5 Å². The lowest BCUT2D eigenvalue weighted by Gasteiger charge is -2.31. The fourth-order valence-electron chi connectivity index (χ4n) is 2.78. The van der Waals surface area contributed by atoms with E-state index in [4.69, 9.17) is 10.2 Å². The van der Waals surface area contributed by atoms with Gasteiger partial charge in [0.1, 0.15) is 5.52 Å². The standard InChI is InChI=1S/C15H19N3O2/c1-10-17-12-6-5-11(9-13(12)20-10)18-14(19)15(16)7-3-2-4-8-15/h5-6,9H,2-4,7-8,16H2,1H3,(H,18,19). The van der Waals surface area contributed by atoms with Crippen LogP contribution in [0, 0.1) is 6.92 Å². The molecule has 1 aromatic heterocycles.